The Balaban J connectivity index is 1.93. The lowest BCUT2D eigenvalue weighted by molar-refractivity contribution is -0.121. The van der Waals surface area contributed by atoms with Crippen molar-refractivity contribution in [1.82, 2.24) is 9.62 Å². The van der Waals surface area contributed by atoms with Gasteiger partial charge < -0.3 is 10.1 Å². The number of hydrogen-bond acceptors (Lipinski definition) is 4. The molecule has 2 aromatic rings. The molecule has 0 saturated carbocycles. The van der Waals surface area contributed by atoms with Crippen LogP contribution in [0.5, 0.6) is 5.75 Å². The van der Waals surface area contributed by atoms with E-state index in [2.05, 4.69) is 5.32 Å². The van der Waals surface area contributed by atoms with Gasteiger partial charge in [-0.15, -0.1) is 0 Å². The summed E-state index contributed by atoms with van der Waals surface area (Å²) in [6.45, 7) is 2.39. The van der Waals surface area contributed by atoms with Crippen molar-refractivity contribution in [1.29, 1.82) is 0 Å². The minimum Gasteiger partial charge on any atom is -0.497 e. The molecule has 2 aromatic carbocycles. The van der Waals surface area contributed by atoms with E-state index in [1.165, 1.54) is 4.31 Å². The van der Waals surface area contributed by atoms with Gasteiger partial charge in [-0.05, 0) is 36.6 Å². The molecule has 1 amide bonds. The number of carbonyl (C=O) groups is 1. The monoisotopic (exact) mass is 390 g/mol. The lowest BCUT2D eigenvalue weighted by atomic mass is 10.1. The molecule has 0 aliphatic rings. The Morgan fingerprint density at radius 1 is 1.11 bits per heavy atom. The maximum absolute atomic E-state index is 12.2. The Morgan fingerprint density at radius 2 is 1.81 bits per heavy atom. The molecule has 146 valence electrons. The van der Waals surface area contributed by atoms with Crippen LogP contribution in [0.2, 0.25) is 0 Å². The standard InChI is InChI=1S/C20H26N2O4S/c1-16-7-9-18(10-8-16)14-21-20(23)15-22(27(3,24)25)12-11-17-5-4-6-19(13-17)26-2/h4-10,13H,11-12,14-15H2,1-3H3,(H,21,23). The van der Waals surface area contributed by atoms with Crippen molar-refractivity contribution in [2.75, 3.05) is 26.5 Å². The van der Waals surface area contributed by atoms with E-state index in [9.17, 15) is 13.2 Å². The number of ether oxygens (including phenoxy) is 1. The van der Waals surface area contributed by atoms with Gasteiger partial charge in [0.05, 0.1) is 19.9 Å². The zero-order valence-corrected chi connectivity index (χ0v) is 16.8. The van der Waals surface area contributed by atoms with Crippen LogP contribution in [0.15, 0.2) is 48.5 Å². The zero-order valence-electron chi connectivity index (χ0n) is 15.9. The van der Waals surface area contributed by atoms with E-state index in [-0.39, 0.29) is 19.0 Å². The van der Waals surface area contributed by atoms with Crippen molar-refractivity contribution in [3.05, 3.63) is 65.2 Å². The van der Waals surface area contributed by atoms with Crippen LogP contribution < -0.4 is 10.1 Å². The highest BCUT2D eigenvalue weighted by molar-refractivity contribution is 7.88. The molecule has 0 aromatic heterocycles. The maximum atomic E-state index is 12.2. The topological polar surface area (TPSA) is 75.7 Å². The molecule has 0 unspecified atom stereocenters. The minimum atomic E-state index is -3.49. The Morgan fingerprint density at radius 3 is 2.44 bits per heavy atom. The second-order valence-corrected chi connectivity index (χ2v) is 8.44. The predicted molar refractivity (Wildman–Crippen MR) is 106 cm³/mol. The highest BCUT2D eigenvalue weighted by Gasteiger charge is 2.20. The third-order valence-electron chi connectivity index (χ3n) is 4.18. The smallest absolute Gasteiger partial charge is 0.235 e. The number of rotatable bonds is 9. The van der Waals surface area contributed by atoms with E-state index in [4.69, 9.17) is 4.74 Å². The molecule has 0 aliphatic heterocycles. The first-order valence-electron chi connectivity index (χ1n) is 8.68. The fourth-order valence-electron chi connectivity index (χ4n) is 2.57. The first-order valence-corrected chi connectivity index (χ1v) is 10.5. The fraction of sp³-hybridized carbons (Fsp3) is 0.350. The number of amides is 1. The van der Waals surface area contributed by atoms with Crippen LogP contribution >= 0.6 is 0 Å². The molecule has 0 heterocycles. The Labute approximate surface area is 161 Å². The molecule has 27 heavy (non-hydrogen) atoms. The van der Waals surface area contributed by atoms with Gasteiger partial charge in [0.2, 0.25) is 15.9 Å². The number of methoxy groups -OCH3 is 1. The summed E-state index contributed by atoms with van der Waals surface area (Å²) in [4.78, 5) is 12.2. The first kappa shape index (κ1) is 20.9. The number of hydrogen-bond donors (Lipinski definition) is 1. The third kappa shape index (κ3) is 7.03. The van der Waals surface area contributed by atoms with Crippen LogP contribution in [-0.2, 0) is 27.8 Å². The molecule has 2 rings (SSSR count). The van der Waals surface area contributed by atoms with Crippen molar-refractivity contribution in [2.45, 2.75) is 19.9 Å². The quantitative estimate of drug-likeness (QED) is 0.712. The summed E-state index contributed by atoms with van der Waals surface area (Å²) >= 11 is 0. The molecule has 0 fully saturated rings. The summed E-state index contributed by atoms with van der Waals surface area (Å²) in [5.74, 6) is 0.390. The summed E-state index contributed by atoms with van der Waals surface area (Å²) in [5.41, 5.74) is 3.06. The summed E-state index contributed by atoms with van der Waals surface area (Å²) in [5, 5.41) is 2.77. The molecule has 7 heteroatoms. The number of nitrogens with one attached hydrogen (secondary N) is 1. The van der Waals surface area contributed by atoms with Crippen LogP contribution in [0, 0.1) is 6.92 Å². The fourth-order valence-corrected chi connectivity index (χ4v) is 3.34. The average Bonchev–Trinajstić information content (AvgIpc) is 2.64. The molecule has 6 nitrogen and oxygen atoms in total. The van der Waals surface area contributed by atoms with Gasteiger partial charge >= 0.3 is 0 Å². The molecule has 1 N–H and O–H groups in total. The summed E-state index contributed by atoms with van der Waals surface area (Å²) in [7, 11) is -1.91. The Kier molecular flexibility index (Phi) is 7.38. The van der Waals surface area contributed by atoms with E-state index < -0.39 is 10.0 Å². The second-order valence-electron chi connectivity index (χ2n) is 6.46. The predicted octanol–water partition coefficient (Wildman–Crippen LogP) is 2.12. The van der Waals surface area contributed by atoms with Gasteiger partial charge in [-0.25, -0.2) is 8.42 Å². The molecule has 0 saturated heterocycles. The number of nitrogens with zero attached hydrogens (tertiary/aromatic N) is 1. The molecular formula is C20H26N2O4S. The van der Waals surface area contributed by atoms with Gasteiger partial charge in [0, 0.05) is 13.1 Å². The summed E-state index contributed by atoms with van der Waals surface area (Å²) in [6.07, 6.45) is 1.61. The van der Waals surface area contributed by atoms with E-state index >= 15 is 0 Å². The van der Waals surface area contributed by atoms with Gasteiger partial charge in [-0.1, -0.05) is 42.0 Å². The van der Waals surface area contributed by atoms with E-state index in [0.29, 0.717) is 18.7 Å². The molecule has 0 spiro atoms. The van der Waals surface area contributed by atoms with Gasteiger partial charge in [-0.2, -0.15) is 4.31 Å². The normalized spacial score (nSPS) is 11.4. The lowest BCUT2D eigenvalue weighted by Crippen LogP contribution is -2.41. The lowest BCUT2D eigenvalue weighted by Gasteiger charge is -2.19. The molecule has 0 atom stereocenters. The highest BCUT2D eigenvalue weighted by atomic mass is 32.2. The summed E-state index contributed by atoms with van der Waals surface area (Å²) in [6, 6.07) is 15.3. The van der Waals surface area contributed by atoms with Crippen molar-refractivity contribution in [2.24, 2.45) is 0 Å². The molecule has 0 radical (unpaired) electrons. The number of sulfonamides is 1. The molecule has 0 aliphatic carbocycles. The third-order valence-corrected chi connectivity index (χ3v) is 5.43. The summed E-state index contributed by atoms with van der Waals surface area (Å²) < 4.78 is 30.5. The van der Waals surface area contributed by atoms with Crippen molar-refractivity contribution in [3.63, 3.8) is 0 Å². The minimum absolute atomic E-state index is 0.200. The van der Waals surface area contributed by atoms with Crippen LogP contribution in [0.3, 0.4) is 0 Å². The SMILES string of the molecule is COc1cccc(CCN(CC(=O)NCc2ccc(C)cc2)S(C)(=O)=O)c1. The average molecular weight is 391 g/mol. The zero-order chi connectivity index (χ0) is 19.9. The van der Waals surface area contributed by atoms with Gasteiger partial charge in [0.25, 0.3) is 0 Å². The van der Waals surface area contributed by atoms with E-state index in [1.54, 1.807) is 7.11 Å². The molecular weight excluding hydrogens is 364 g/mol. The van der Waals surface area contributed by atoms with Gasteiger partial charge in [0.1, 0.15) is 5.75 Å². The van der Waals surface area contributed by atoms with Crippen LogP contribution in [-0.4, -0.2) is 45.1 Å². The van der Waals surface area contributed by atoms with Crippen LogP contribution in [0.4, 0.5) is 0 Å². The van der Waals surface area contributed by atoms with E-state index in [0.717, 1.165) is 22.9 Å². The Bertz CT molecular complexity index is 864. The second kappa shape index (κ2) is 9.53. The number of carbonyl (C=O) groups excluding carboxylic acids is 1. The van der Waals surface area contributed by atoms with E-state index in [1.807, 2.05) is 55.5 Å². The van der Waals surface area contributed by atoms with Crippen LogP contribution in [0.1, 0.15) is 16.7 Å². The van der Waals surface area contributed by atoms with Crippen molar-refractivity contribution >= 4 is 15.9 Å². The van der Waals surface area contributed by atoms with Crippen molar-refractivity contribution < 1.29 is 17.9 Å². The van der Waals surface area contributed by atoms with Gasteiger partial charge in [0.15, 0.2) is 0 Å². The highest BCUT2D eigenvalue weighted by Crippen LogP contribution is 2.14. The number of aryl methyl sites for hydroxylation is 1. The number of benzene rings is 2. The Hall–Kier alpha value is -2.38. The van der Waals surface area contributed by atoms with Crippen molar-refractivity contribution in [3.8, 4) is 5.75 Å². The molecule has 0 bridgehead atoms. The first-order chi connectivity index (χ1) is 12.8. The largest absolute Gasteiger partial charge is 0.497 e. The van der Waals surface area contributed by atoms with Gasteiger partial charge in [-0.3, -0.25) is 4.79 Å². The van der Waals surface area contributed by atoms with Crippen LogP contribution in [0.25, 0.3) is 0 Å². The maximum Gasteiger partial charge on any atom is 0.235 e.